The van der Waals surface area contributed by atoms with Crippen LogP contribution in [-0.2, 0) is 4.79 Å². The van der Waals surface area contributed by atoms with Crippen molar-refractivity contribution in [1.82, 2.24) is 14.9 Å². The quantitative estimate of drug-likeness (QED) is 0.815. The van der Waals surface area contributed by atoms with E-state index in [1.807, 2.05) is 30.0 Å². The molecular formula is C24H31N5O2. The first-order valence-electron chi connectivity index (χ1n) is 11.3. The molecule has 1 atom stereocenters. The number of hydrogen-bond acceptors (Lipinski definition) is 5. The van der Waals surface area contributed by atoms with Gasteiger partial charge < -0.3 is 15.1 Å². The molecule has 1 N–H and O–H groups in total. The van der Waals surface area contributed by atoms with Crippen LogP contribution in [0, 0.1) is 12.8 Å². The molecule has 1 unspecified atom stereocenters. The van der Waals surface area contributed by atoms with Crippen LogP contribution in [0.25, 0.3) is 0 Å². The molecule has 0 saturated carbocycles. The average Bonchev–Trinajstić information content (AvgIpc) is 2.81. The summed E-state index contributed by atoms with van der Waals surface area (Å²) in [4.78, 5) is 38.4. The van der Waals surface area contributed by atoms with E-state index in [0.29, 0.717) is 5.56 Å². The lowest BCUT2D eigenvalue weighted by molar-refractivity contribution is -0.120. The van der Waals surface area contributed by atoms with Crippen LogP contribution in [0.4, 0.5) is 11.6 Å². The molecule has 1 aromatic heterocycles. The maximum Gasteiger partial charge on any atom is 0.254 e. The van der Waals surface area contributed by atoms with Gasteiger partial charge in [0.1, 0.15) is 0 Å². The maximum atomic E-state index is 12.9. The Kier molecular flexibility index (Phi) is 6.49. The lowest BCUT2D eigenvalue weighted by Gasteiger charge is -2.33. The molecular weight excluding hydrogens is 390 g/mol. The van der Waals surface area contributed by atoms with E-state index in [9.17, 15) is 9.59 Å². The van der Waals surface area contributed by atoms with Gasteiger partial charge in [0, 0.05) is 55.2 Å². The summed E-state index contributed by atoms with van der Waals surface area (Å²) in [5, 5.41) is 3.08. The predicted molar refractivity (Wildman–Crippen MR) is 121 cm³/mol. The fourth-order valence-corrected chi connectivity index (χ4v) is 4.53. The summed E-state index contributed by atoms with van der Waals surface area (Å²) in [5.74, 6) is 0.819. The molecule has 7 nitrogen and oxygen atoms in total. The van der Waals surface area contributed by atoms with E-state index >= 15 is 0 Å². The summed E-state index contributed by atoms with van der Waals surface area (Å²) in [6, 6.07) is 7.68. The van der Waals surface area contributed by atoms with Crippen molar-refractivity contribution in [2.24, 2.45) is 5.92 Å². The standard InChI is InChI=1S/C24H31N5O2/c1-17-16-20(23(31)29-13-4-3-6-18(29)2)7-8-21(17)27-22(30)19-9-14-28(15-10-19)24-25-11-5-12-26-24/h5,7-8,11-12,16,18-19H,3-4,6,9-10,13-15H2,1-2H3,(H,27,30). The molecule has 7 heteroatoms. The third-order valence-corrected chi connectivity index (χ3v) is 6.50. The van der Waals surface area contributed by atoms with E-state index in [2.05, 4.69) is 27.1 Å². The largest absolute Gasteiger partial charge is 0.341 e. The second-order valence-electron chi connectivity index (χ2n) is 8.67. The van der Waals surface area contributed by atoms with Crippen molar-refractivity contribution in [3.05, 3.63) is 47.8 Å². The molecule has 2 amide bonds. The van der Waals surface area contributed by atoms with Crippen molar-refractivity contribution in [2.45, 2.75) is 52.0 Å². The highest BCUT2D eigenvalue weighted by molar-refractivity contribution is 5.97. The minimum atomic E-state index is -0.0325. The zero-order valence-electron chi connectivity index (χ0n) is 18.4. The van der Waals surface area contributed by atoms with Gasteiger partial charge in [-0.2, -0.15) is 0 Å². The van der Waals surface area contributed by atoms with Gasteiger partial charge in [-0.1, -0.05) is 0 Å². The van der Waals surface area contributed by atoms with Gasteiger partial charge in [0.15, 0.2) is 0 Å². The molecule has 0 bridgehead atoms. The molecule has 4 rings (SSSR count). The molecule has 31 heavy (non-hydrogen) atoms. The van der Waals surface area contributed by atoms with Gasteiger partial charge in [0.2, 0.25) is 11.9 Å². The molecule has 2 fully saturated rings. The molecule has 1 aromatic carbocycles. The Morgan fingerprint density at radius 1 is 1.03 bits per heavy atom. The van der Waals surface area contributed by atoms with Gasteiger partial charge in [-0.3, -0.25) is 9.59 Å². The van der Waals surface area contributed by atoms with Crippen LogP contribution >= 0.6 is 0 Å². The number of nitrogens with one attached hydrogen (secondary N) is 1. The van der Waals surface area contributed by atoms with Gasteiger partial charge in [0.05, 0.1) is 0 Å². The normalized spacial score (nSPS) is 19.9. The monoisotopic (exact) mass is 421 g/mol. The smallest absolute Gasteiger partial charge is 0.254 e. The highest BCUT2D eigenvalue weighted by Gasteiger charge is 2.27. The van der Waals surface area contributed by atoms with Crippen LogP contribution in [0.15, 0.2) is 36.7 Å². The van der Waals surface area contributed by atoms with Crippen LogP contribution < -0.4 is 10.2 Å². The second-order valence-corrected chi connectivity index (χ2v) is 8.67. The Labute approximate surface area is 183 Å². The van der Waals surface area contributed by atoms with Crippen LogP contribution in [0.3, 0.4) is 0 Å². The number of piperidine rings is 2. The molecule has 0 aliphatic carbocycles. The lowest BCUT2D eigenvalue weighted by atomic mass is 9.95. The van der Waals surface area contributed by atoms with Crippen molar-refractivity contribution in [3.63, 3.8) is 0 Å². The van der Waals surface area contributed by atoms with E-state index in [-0.39, 0.29) is 23.8 Å². The SMILES string of the molecule is Cc1cc(C(=O)N2CCCCC2C)ccc1NC(=O)C1CCN(c2ncccn2)CC1. The van der Waals surface area contributed by atoms with Crippen molar-refractivity contribution in [2.75, 3.05) is 29.9 Å². The minimum absolute atomic E-state index is 0.0325. The second kappa shape index (κ2) is 9.45. The van der Waals surface area contributed by atoms with Crippen LogP contribution in [0.2, 0.25) is 0 Å². The number of hydrogen-bond donors (Lipinski definition) is 1. The number of aromatic nitrogens is 2. The summed E-state index contributed by atoms with van der Waals surface area (Å²) in [6.45, 7) is 6.42. The Morgan fingerprint density at radius 3 is 2.45 bits per heavy atom. The molecule has 164 valence electrons. The first-order chi connectivity index (χ1) is 15.0. The number of amides is 2. The molecule has 0 spiro atoms. The average molecular weight is 422 g/mol. The van der Waals surface area contributed by atoms with Crippen LogP contribution in [-0.4, -0.2) is 52.4 Å². The van der Waals surface area contributed by atoms with Gasteiger partial charge in [-0.05, 0) is 75.8 Å². The lowest BCUT2D eigenvalue weighted by Crippen LogP contribution is -2.42. The van der Waals surface area contributed by atoms with Gasteiger partial charge in [-0.15, -0.1) is 0 Å². The van der Waals surface area contributed by atoms with Crippen molar-refractivity contribution >= 4 is 23.5 Å². The fraction of sp³-hybridized carbons (Fsp3) is 0.500. The summed E-state index contributed by atoms with van der Waals surface area (Å²) >= 11 is 0. The van der Waals surface area contributed by atoms with E-state index in [1.165, 1.54) is 6.42 Å². The Hall–Kier alpha value is -2.96. The number of carbonyl (C=O) groups is 2. The zero-order chi connectivity index (χ0) is 21.8. The number of aryl methyl sites for hydroxylation is 1. The van der Waals surface area contributed by atoms with E-state index in [4.69, 9.17) is 0 Å². The number of likely N-dealkylation sites (tertiary alicyclic amines) is 1. The van der Waals surface area contributed by atoms with E-state index in [1.54, 1.807) is 18.5 Å². The van der Waals surface area contributed by atoms with Crippen molar-refractivity contribution in [1.29, 1.82) is 0 Å². The summed E-state index contributed by atoms with van der Waals surface area (Å²) in [5.41, 5.74) is 2.39. The van der Waals surface area contributed by atoms with E-state index < -0.39 is 0 Å². The highest BCUT2D eigenvalue weighted by atomic mass is 16.2. The molecule has 2 aliphatic heterocycles. The Bertz CT molecular complexity index is 925. The Morgan fingerprint density at radius 2 is 1.77 bits per heavy atom. The molecule has 2 aromatic rings. The Balaban J connectivity index is 1.35. The van der Waals surface area contributed by atoms with Crippen LogP contribution in [0.1, 0.15) is 54.9 Å². The van der Waals surface area contributed by atoms with Gasteiger partial charge in [-0.25, -0.2) is 9.97 Å². The third-order valence-electron chi connectivity index (χ3n) is 6.50. The van der Waals surface area contributed by atoms with Gasteiger partial charge >= 0.3 is 0 Å². The number of nitrogens with zero attached hydrogens (tertiary/aromatic N) is 4. The summed E-state index contributed by atoms with van der Waals surface area (Å²) in [7, 11) is 0. The number of anilines is 2. The molecule has 2 aliphatic rings. The van der Waals surface area contributed by atoms with E-state index in [0.717, 1.165) is 62.5 Å². The zero-order valence-corrected chi connectivity index (χ0v) is 18.4. The number of carbonyl (C=O) groups excluding carboxylic acids is 2. The minimum Gasteiger partial charge on any atom is -0.341 e. The van der Waals surface area contributed by atoms with Crippen molar-refractivity contribution < 1.29 is 9.59 Å². The molecule has 0 radical (unpaired) electrons. The maximum absolute atomic E-state index is 12.9. The number of rotatable bonds is 4. The topological polar surface area (TPSA) is 78.4 Å². The highest BCUT2D eigenvalue weighted by Crippen LogP contribution is 2.25. The summed E-state index contributed by atoms with van der Waals surface area (Å²) in [6.07, 6.45) is 8.34. The first-order valence-corrected chi connectivity index (χ1v) is 11.3. The number of benzene rings is 1. The van der Waals surface area contributed by atoms with Gasteiger partial charge in [0.25, 0.3) is 5.91 Å². The molecule has 3 heterocycles. The molecule has 2 saturated heterocycles. The van der Waals surface area contributed by atoms with Crippen molar-refractivity contribution in [3.8, 4) is 0 Å². The third kappa shape index (κ3) is 4.86. The fourth-order valence-electron chi connectivity index (χ4n) is 4.53. The summed E-state index contributed by atoms with van der Waals surface area (Å²) < 4.78 is 0. The predicted octanol–water partition coefficient (Wildman–Crippen LogP) is 3.65. The first kappa shape index (κ1) is 21.3. The van der Waals surface area contributed by atoms with Crippen LogP contribution in [0.5, 0.6) is 0 Å².